The zero-order chi connectivity index (χ0) is 15.3. The summed E-state index contributed by atoms with van der Waals surface area (Å²) >= 11 is 6.22. The molecule has 1 aromatic rings. The summed E-state index contributed by atoms with van der Waals surface area (Å²) in [5.74, 6) is 0. The van der Waals surface area contributed by atoms with E-state index < -0.39 is 0 Å². The highest BCUT2D eigenvalue weighted by Gasteiger charge is 2.43. The Morgan fingerprint density at radius 1 is 1.29 bits per heavy atom. The van der Waals surface area contributed by atoms with E-state index in [0.29, 0.717) is 11.6 Å². The van der Waals surface area contributed by atoms with Crippen LogP contribution in [0, 0.1) is 5.41 Å². The first-order valence-corrected chi connectivity index (χ1v) is 8.41. The van der Waals surface area contributed by atoms with Crippen molar-refractivity contribution in [2.75, 3.05) is 20.6 Å². The van der Waals surface area contributed by atoms with Gasteiger partial charge in [-0.3, -0.25) is 0 Å². The van der Waals surface area contributed by atoms with Gasteiger partial charge in [0.25, 0.3) is 0 Å². The maximum atomic E-state index is 6.22. The molecule has 0 aromatic heterocycles. The molecule has 0 heterocycles. The SMILES string of the molecule is CN(C)C1(CNC2c3cc(Cl)ccc3CC2(C)C)CCC1. The summed E-state index contributed by atoms with van der Waals surface area (Å²) in [4.78, 5) is 2.41. The molecule has 1 saturated carbocycles. The summed E-state index contributed by atoms with van der Waals surface area (Å²) in [6.07, 6.45) is 5.10. The fourth-order valence-corrected chi connectivity index (χ4v) is 4.24. The molecule has 0 aliphatic heterocycles. The topological polar surface area (TPSA) is 15.3 Å². The molecule has 0 radical (unpaired) electrons. The maximum absolute atomic E-state index is 6.22. The average Bonchev–Trinajstić information content (AvgIpc) is 2.58. The molecule has 0 amide bonds. The Morgan fingerprint density at radius 2 is 2.00 bits per heavy atom. The molecule has 1 N–H and O–H groups in total. The second-order valence-corrected chi connectivity index (χ2v) is 8.23. The third-order valence-corrected chi connectivity index (χ3v) is 5.95. The monoisotopic (exact) mass is 306 g/mol. The highest BCUT2D eigenvalue weighted by atomic mass is 35.5. The zero-order valence-corrected chi connectivity index (χ0v) is 14.4. The quantitative estimate of drug-likeness (QED) is 0.903. The van der Waals surface area contributed by atoms with E-state index in [-0.39, 0.29) is 5.41 Å². The number of benzene rings is 1. The van der Waals surface area contributed by atoms with E-state index in [1.165, 1.54) is 30.4 Å². The van der Waals surface area contributed by atoms with Gasteiger partial charge in [0.05, 0.1) is 0 Å². The Kier molecular flexibility index (Phi) is 3.84. The van der Waals surface area contributed by atoms with Crippen LogP contribution >= 0.6 is 11.6 Å². The van der Waals surface area contributed by atoms with Crippen molar-refractivity contribution < 1.29 is 0 Å². The molecule has 0 saturated heterocycles. The van der Waals surface area contributed by atoms with Crippen molar-refractivity contribution in [3.05, 3.63) is 34.3 Å². The number of nitrogens with one attached hydrogen (secondary N) is 1. The first kappa shape index (κ1) is 15.3. The largest absolute Gasteiger partial charge is 0.308 e. The Labute approximate surface area is 133 Å². The van der Waals surface area contributed by atoms with Crippen LogP contribution in [0.25, 0.3) is 0 Å². The van der Waals surface area contributed by atoms with Crippen LogP contribution in [0.3, 0.4) is 0 Å². The fourth-order valence-electron chi connectivity index (χ4n) is 4.05. The number of fused-ring (bicyclic) bond motifs is 1. The van der Waals surface area contributed by atoms with Crippen molar-refractivity contribution in [1.82, 2.24) is 10.2 Å². The van der Waals surface area contributed by atoms with Gasteiger partial charge in [0.1, 0.15) is 0 Å². The lowest BCUT2D eigenvalue weighted by Gasteiger charge is -2.48. The van der Waals surface area contributed by atoms with Crippen LogP contribution in [0.15, 0.2) is 18.2 Å². The lowest BCUT2D eigenvalue weighted by atomic mass is 9.75. The van der Waals surface area contributed by atoms with Gasteiger partial charge >= 0.3 is 0 Å². The molecule has 21 heavy (non-hydrogen) atoms. The van der Waals surface area contributed by atoms with E-state index in [0.717, 1.165) is 18.0 Å². The van der Waals surface area contributed by atoms with Gasteiger partial charge in [0, 0.05) is 23.1 Å². The van der Waals surface area contributed by atoms with Crippen molar-refractivity contribution in [3.8, 4) is 0 Å². The number of nitrogens with zero attached hydrogens (tertiary/aromatic N) is 1. The summed E-state index contributed by atoms with van der Waals surface area (Å²) in [6.45, 7) is 5.80. The van der Waals surface area contributed by atoms with E-state index in [4.69, 9.17) is 11.6 Å². The van der Waals surface area contributed by atoms with Crippen molar-refractivity contribution in [3.63, 3.8) is 0 Å². The molecule has 1 aromatic carbocycles. The standard InChI is InChI=1S/C18H27ClN2/c1-17(2)11-13-6-7-14(19)10-15(13)16(17)20-12-18(21(3)4)8-5-9-18/h6-7,10,16,20H,5,8-9,11-12H2,1-4H3. The van der Waals surface area contributed by atoms with E-state index in [9.17, 15) is 0 Å². The van der Waals surface area contributed by atoms with E-state index >= 15 is 0 Å². The fraction of sp³-hybridized carbons (Fsp3) is 0.667. The maximum Gasteiger partial charge on any atom is 0.0409 e. The van der Waals surface area contributed by atoms with Crippen molar-refractivity contribution in [2.45, 2.75) is 51.1 Å². The summed E-state index contributed by atoms with van der Waals surface area (Å²) in [5.41, 5.74) is 3.47. The van der Waals surface area contributed by atoms with Crippen molar-refractivity contribution >= 4 is 11.6 Å². The summed E-state index contributed by atoms with van der Waals surface area (Å²) in [7, 11) is 4.43. The van der Waals surface area contributed by atoms with Gasteiger partial charge in [-0.2, -0.15) is 0 Å². The molecule has 2 aliphatic carbocycles. The Hall–Kier alpha value is -0.570. The molecular formula is C18H27ClN2. The Bertz CT molecular complexity index is 532. The number of hydrogen-bond acceptors (Lipinski definition) is 2. The number of hydrogen-bond donors (Lipinski definition) is 1. The van der Waals surface area contributed by atoms with Crippen LogP contribution in [-0.2, 0) is 6.42 Å². The molecule has 116 valence electrons. The molecule has 2 aliphatic rings. The van der Waals surface area contributed by atoms with Crippen molar-refractivity contribution in [1.29, 1.82) is 0 Å². The number of rotatable bonds is 4. The second kappa shape index (κ2) is 5.26. The van der Waals surface area contributed by atoms with Gasteiger partial charge in [0.2, 0.25) is 0 Å². The van der Waals surface area contributed by atoms with Gasteiger partial charge in [-0.15, -0.1) is 0 Å². The highest BCUT2D eigenvalue weighted by molar-refractivity contribution is 6.30. The molecule has 2 nitrogen and oxygen atoms in total. The molecule has 0 spiro atoms. The van der Waals surface area contributed by atoms with Gasteiger partial charge in [-0.05, 0) is 68.5 Å². The van der Waals surface area contributed by atoms with Crippen LogP contribution in [0.4, 0.5) is 0 Å². The lowest BCUT2D eigenvalue weighted by Crippen LogP contribution is -2.57. The van der Waals surface area contributed by atoms with E-state index in [1.54, 1.807) is 0 Å². The first-order chi connectivity index (χ1) is 9.84. The van der Waals surface area contributed by atoms with Crippen molar-refractivity contribution in [2.24, 2.45) is 5.41 Å². The number of halogens is 1. The minimum atomic E-state index is 0.254. The first-order valence-electron chi connectivity index (χ1n) is 8.03. The minimum absolute atomic E-state index is 0.254. The lowest BCUT2D eigenvalue weighted by molar-refractivity contribution is 0.0519. The van der Waals surface area contributed by atoms with Crippen LogP contribution in [0.2, 0.25) is 5.02 Å². The zero-order valence-electron chi connectivity index (χ0n) is 13.7. The summed E-state index contributed by atoms with van der Waals surface area (Å²) in [6, 6.07) is 6.79. The van der Waals surface area contributed by atoms with Gasteiger partial charge < -0.3 is 10.2 Å². The molecular weight excluding hydrogens is 280 g/mol. The Balaban J connectivity index is 1.80. The molecule has 3 heteroatoms. The third-order valence-electron chi connectivity index (χ3n) is 5.71. The predicted octanol–water partition coefficient (Wildman–Crippen LogP) is 4.04. The van der Waals surface area contributed by atoms with Crippen LogP contribution in [0.1, 0.15) is 50.3 Å². The van der Waals surface area contributed by atoms with Crippen LogP contribution in [-0.4, -0.2) is 31.1 Å². The Morgan fingerprint density at radius 3 is 2.57 bits per heavy atom. The second-order valence-electron chi connectivity index (χ2n) is 7.79. The molecule has 3 rings (SSSR count). The van der Waals surface area contributed by atoms with Gasteiger partial charge in [0.15, 0.2) is 0 Å². The summed E-state index contributed by atoms with van der Waals surface area (Å²) < 4.78 is 0. The van der Waals surface area contributed by atoms with E-state index in [1.807, 2.05) is 6.07 Å². The summed E-state index contributed by atoms with van der Waals surface area (Å²) in [5, 5.41) is 4.73. The predicted molar refractivity (Wildman–Crippen MR) is 89.9 cm³/mol. The molecule has 1 fully saturated rings. The molecule has 1 unspecified atom stereocenters. The number of likely N-dealkylation sites (N-methyl/N-ethyl adjacent to an activating group) is 1. The normalized spacial score (nSPS) is 25.7. The average molecular weight is 307 g/mol. The highest BCUT2D eigenvalue weighted by Crippen LogP contribution is 2.46. The molecule has 1 atom stereocenters. The van der Waals surface area contributed by atoms with Gasteiger partial charge in [-0.25, -0.2) is 0 Å². The molecule has 0 bridgehead atoms. The smallest absolute Gasteiger partial charge is 0.0409 e. The van der Waals surface area contributed by atoms with Gasteiger partial charge in [-0.1, -0.05) is 31.5 Å². The third kappa shape index (κ3) is 2.62. The van der Waals surface area contributed by atoms with E-state index in [2.05, 4.69) is 50.3 Å². The van der Waals surface area contributed by atoms with Crippen LogP contribution in [0.5, 0.6) is 0 Å². The minimum Gasteiger partial charge on any atom is -0.308 e. The van der Waals surface area contributed by atoms with Crippen LogP contribution < -0.4 is 5.32 Å².